The average Bonchev–Trinajstić information content (AvgIpc) is 2.96. The number of rotatable bonds is 5. The van der Waals surface area contributed by atoms with Gasteiger partial charge in [-0.25, -0.2) is 0 Å². The van der Waals surface area contributed by atoms with Crippen LogP contribution in [-0.4, -0.2) is 53.9 Å². The van der Waals surface area contributed by atoms with E-state index in [1.807, 2.05) is 0 Å². The second kappa shape index (κ2) is 8.58. The summed E-state index contributed by atoms with van der Waals surface area (Å²) in [7, 11) is 0. The first-order chi connectivity index (χ1) is 14.8. The zero-order valence-electron chi connectivity index (χ0n) is 18.0. The number of fused-ring (bicyclic) bond motifs is 1. The van der Waals surface area contributed by atoms with Gasteiger partial charge < -0.3 is 14.4 Å². The molecule has 1 aromatic carbocycles. The molecule has 30 heavy (non-hydrogen) atoms. The van der Waals surface area contributed by atoms with E-state index >= 15 is 0 Å². The minimum absolute atomic E-state index is 0.190. The van der Waals surface area contributed by atoms with Crippen molar-refractivity contribution in [1.82, 2.24) is 9.80 Å². The Balaban J connectivity index is 1.18. The normalized spacial score (nSPS) is 24.4. The lowest BCUT2D eigenvalue weighted by molar-refractivity contribution is -0.122. The molecule has 2 heterocycles. The molecule has 1 saturated carbocycles. The molecule has 0 bridgehead atoms. The molecule has 0 aromatic heterocycles. The van der Waals surface area contributed by atoms with Crippen molar-refractivity contribution >= 4 is 6.29 Å². The Labute approximate surface area is 180 Å². The fourth-order valence-electron chi connectivity index (χ4n) is 5.71. The molecular formula is C26H34N2O2. The fourth-order valence-corrected chi connectivity index (χ4v) is 5.71. The largest absolute Gasteiger partial charge is 0.490 e. The van der Waals surface area contributed by atoms with Crippen LogP contribution in [0.1, 0.15) is 56.1 Å². The minimum atomic E-state index is -0.190. The molecule has 1 saturated heterocycles. The van der Waals surface area contributed by atoms with Gasteiger partial charge in [0.05, 0.1) is 5.54 Å². The smallest absolute Gasteiger partial charge is 0.140 e. The summed E-state index contributed by atoms with van der Waals surface area (Å²) >= 11 is 0. The molecule has 2 fully saturated rings. The maximum atomic E-state index is 11.9. The minimum Gasteiger partial charge on any atom is -0.490 e. The van der Waals surface area contributed by atoms with E-state index in [2.05, 4.69) is 46.2 Å². The summed E-state index contributed by atoms with van der Waals surface area (Å²) in [5, 5.41) is 0. The van der Waals surface area contributed by atoms with Gasteiger partial charge >= 0.3 is 0 Å². The second-order valence-electron chi connectivity index (χ2n) is 9.45. The highest BCUT2D eigenvalue weighted by Gasteiger charge is 2.39. The van der Waals surface area contributed by atoms with Crippen LogP contribution in [-0.2, 0) is 17.6 Å². The maximum Gasteiger partial charge on any atom is 0.140 e. The quantitative estimate of drug-likeness (QED) is 0.683. The highest BCUT2D eigenvalue weighted by atomic mass is 16.5. The molecule has 0 spiro atoms. The topological polar surface area (TPSA) is 32.8 Å². The van der Waals surface area contributed by atoms with Gasteiger partial charge in [0.1, 0.15) is 18.1 Å². The molecule has 0 atom stereocenters. The number of piperidine rings is 1. The molecule has 2 aliphatic heterocycles. The molecule has 0 radical (unpaired) electrons. The summed E-state index contributed by atoms with van der Waals surface area (Å²) in [6.45, 7) is 4.14. The second-order valence-corrected chi connectivity index (χ2v) is 9.45. The number of carbonyl (C=O) groups is 1. The molecule has 4 heteroatoms. The lowest BCUT2D eigenvalue weighted by Gasteiger charge is -2.45. The van der Waals surface area contributed by atoms with Crippen molar-refractivity contribution in [2.45, 2.75) is 69.4 Å². The van der Waals surface area contributed by atoms with Crippen LogP contribution >= 0.6 is 0 Å². The standard InChI is InChI=1S/C26H34N2O2/c29-20-26(13-2-1-3-14-26)28-17-11-24(12-18-28)30-25-8-7-21-9-15-27(23-5-4-6-23)16-10-22(21)19-25/h4-8,19-20,24H,1-3,9-18H2. The van der Waals surface area contributed by atoms with Gasteiger partial charge in [0, 0.05) is 31.9 Å². The van der Waals surface area contributed by atoms with Gasteiger partial charge in [0.15, 0.2) is 0 Å². The van der Waals surface area contributed by atoms with Gasteiger partial charge in [-0.05, 0) is 73.9 Å². The van der Waals surface area contributed by atoms with Crippen molar-refractivity contribution in [2.24, 2.45) is 0 Å². The van der Waals surface area contributed by atoms with Crippen molar-refractivity contribution in [3.05, 3.63) is 53.3 Å². The third-order valence-corrected chi connectivity index (χ3v) is 7.69. The van der Waals surface area contributed by atoms with E-state index in [0.29, 0.717) is 0 Å². The highest BCUT2D eigenvalue weighted by molar-refractivity contribution is 5.64. The number of aldehydes is 1. The van der Waals surface area contributed by atoms with Gasteiger partial charge in [0.25, 0.3) is 0 Å². The molecule has 1 aromatic rings. The number of benzene rings is 1. The Kier molecular flexibility index (Phi) is 5.68. The van der Waals surface area contributed by atoms with Crippen LogP contribution in [0.25, 0.3) is 0 Å². The van der Waals surface area contributed by atoms with Crippen molar-refractivity contribution in [3.8, 4) is 5.75 Å². The Morgan fingerprint density at radius 3 is 2.37 bits per heavy atom. The number of carbonyl (C=O) groups excluding carboxylic acids is 1. The van der Waals surface area contributed by atoms with E-state index in [4.69, 9.17) is 4.74 Å². The van der Waals surface area contributed by atoms with Crippen molar-refractivity contribution in [2.75, 3.05) is 26.2 Å². The van der Waals surface area contributed by atoms with E-state index < -0.39 is 0 Å². The zero-order chi connectivity index (χ0) is 20.4. The first-order valence-corrected chi connectivity index (χ1v) is 11.9. The Morgan fingerprint density at radius 2 is 1.70 bits per heavy atom. The number of ether oxygens (including phenoxy) is 1. The van der Waals surface area contributed by atoms with Crippen molar-refractivity contribution < 1.29 is 9.53 Å². The maximum absolute atomic E-state index is 11.9. The summed E-state index contributed by atoms with van der Waals surface area (Å²) in [6.07, 6.45) is 18.0. The SMILES string of the molecule is O=CC1(N2CCC(Oc3ccc4c(c3)CCN(C3=CC=C3)CC4)CC2)CCCCC1. The van der Waals surface area contributed by atoms with Crippen LogP contribution in [0.3, 0.4) is 0 Å². The molecule has 2 aliphatic carbocycles. The average molecular weight is 407 g/mol. The van der Waals surface area contributed by atoms with Gasteiger partial charge in [-0.3, -0.25) is 4.90 Å². The molecule has 4 nitrogen and oxygen atoms in total. The van der Waals surface area contributed by atoms with Crippen molar-refractivity contribution in [1.29, 1.82) is 0 Å². The summed E-state index contributed by atoms with van der Waals surface area (Å²) in [6, 6.07) is 6.72. The summed E-state index contributed by atoms with van der Waals surface area (Å²) < 4.78 is 6.42. The van der Waals surface area contributed by atoms with Crippen molar-refractivity contribution in [3.63, 3.8) is 0 Å². The lowest BCUT2D eigenvalue weighted by atomic mass is 9.80. The van der Waals surface area contributed by atoms with Gasteiger partial charge in [0.2, 0.25) is 0 Å². The van der Waals surface area contributed by atoms with E-state index in [0.717, 1.165) is 70.5 Å². The highest BCUT2D eigenvalue weighted by Crippen LogP contribution is 2.35. The predicted molar refractivity (Wildman–Crippen MR) is 120 cm³/mol. The third kappa shape index (κ3) is 3.94. The van der Waals surface area contributed by atoms with Gasteiger partial charge in [-0.15, -0.1) is 0 Å². The lowest BCUT2D eigenvalue weighted by Crippen LogP contribution is -2.55. The van der Waals surface area contributed by atoms with Gasteiger partial charge in [-0.1, -0.05) is 31.4 Å². The van der Waals surface area contributed by atoms with Crippen LogP contribution in [0, 0.1) is 0 Å². The fraction of sp³-hybridized carbons (Fsp3) is 0.577. The molecule has 4 aliphatic rings. The molecule has 160 valence electrons. The molecule has 5 rings (SSSR count). The summed E-state index contributed by atoms with van der Waals surface area (Å²) in [5.41, 5.74) is 4.09. The summed E-state index contributed by atoms with van der Waals surface area (Å²) in [5.74, 6) is 1.02. The molecule has 0 amide bonds. The molecular weight excluding hydrogens is 372 g/mol. The first kappa shape index (κ1) is 19.9. The van der Waals surface area contributed by atoms with Crippen LogP contribution in [0.15, 0.2) is 42.1 Å². The van der Waals surface area contributed by atoms with Gasteiger partial charge in [-0.2, -0.15) is 0 Å². The van der Waals surface area contributed by atoms with Crippen LogP contribution in [0.4, 0.5) is 0 Å². The molecule has 0 N–H and O–H groups in total. The number of likely N-dealkylation sites (tertiary alicyclic amines) is 1. The number of hydrogen-bond acceptors (Lipinski definition) is 4. The Bertz CT molecular complexity index is 829. The van der Waals surface area contributed by atoms with Crippen LogP contribution < -0.4 is 4.74 Å². The summed E-state index contributed by atoms with van der Waals surface area (Å²) in [4.78, 5) is 16.9. The molecule has 0 unspecified atom stereocenters. The van der Waals surface area contributed by atoms with E-state index in [1.165, 1.54) is 42.4 Å². The van der Waals surface area contributed by atoms with Crippen LogP contribution in [0.2, 0.25) is 0 Å². The van der Waals surface area contributed by atoms with Crippen LogP contribution in [0.5, 0.6) is 5.75 Å². The predicted octanol–water partition coefficient (Wildman–Crippen LogP) is 4.29. The number of hydrogen-bond donors (Lipinski definition) is 0. The van der Waals surface area contributed by atoms with E-state index in [-0.39, 0.29) is 11.6 Å². The first-order valence-electron chi connectivity index (χ1n) is 11.9. The number of nitrogens with zero attached hydrogens (tertiary/aromatic N) is 2. The zero-order valence-corrected chi connectivity index (χ0v) is 18.0. The van der Waals surface area contributed by atoms with E-state index in [1.54, 1.807) is 0 Å². The third-order valence-electron chi connectivity index (χ3n) is 7.69. The number of allylic oxidation sites excluding steroid dienone is 3. The Hall–Kier alpha value is -2.07. The monoisotopic (exact) mass is 406 g/mol. The van der Waals surface area contributed by atoms with E-state index in [9.17, 15) is 4.79 Å². The Morgan fingerprint density at radius 1 is 0.967 bits per heavy atom.